The lowest BCUT2D eigenvalue weighted by molar-refractivity contribution is 0.172. The van der Waals surface area contributed by atoms with Crippen molar-refractivity contribution in [2.24, 2.45) is 0 Å². The minimum Gasteiger partial charge on any atom is -0.493 e. The average Bonchev–Trinajstić information content (AvgIpc) is 2.62. The normalized spacial score (nSPS) is 11.5. The zero-order valence-corrected chi connectivity index (χ0v) is 17.1. The molecule has 0 aliphatic carbocycles. The fourth-order valence-electron chi connectivity index (χ4n) is 2.53. The van der Waals surface area contributed by atoms with Crippen LogP contribution in [0, 0.1) is 11.6 Å². The first-order valence-corrected chi connectivity index (χ1v) is 8.51. The lowest BCUT2D eigenvalue weighted by atomic mass is 10.0. The van der Waals surface area contributed by atoms with Gasteiger partial charge < -0.3 is 19.3 Å². The quantitative estimate of drug-likeness (QED) is 0.668. The van der Waals surface area contributed by atoms with Crippen LogP contribution in [0.1, 0.15) is 18.0 Å². The van der Waals surface area contributed by atoms with Crippen LogP contribution in [0.2, 0.25) is 0 Å². The van der Waals surface area contributed by atoms with Gasteiger partial charge in [-0.1, -0.05) is 12.1 Å². The van der Waals surface area contributed by atoms with Crippen molar-refractivity contribution in [1.29, 1.82) is 0 Å². The Kier molecular flexibility index (Phi) is 9.15. The molecule has 2 aromatic carbocycles. The second kappa shape index (κ2) is 10.8. The Morgan fingerprint density at radius 2 is 1.57 bits per heavy atom. The van der Waals surface area contributed by atoms with Crippen molar-refractivity contribution in [3.05, 3.63) is 59.7 Å². The lowest BCUT2D eigenvalue weighted by Gasteiger charge is -2.25. The molecule has 0 saturated heterocycles. The summed E-state index contributed by atoms with van der Waals surface area (Å²) in [5.74, 6) is -1.08. The number of halogens is 3. The molecule has 0 N–H and O–H groups in total. The maximum absolute atomic E-state index is 13.2. The summed E-state index contributed by atoms with van der Waals surface area (Å²) in [5, 5.41) is 0. The van der Waals surface area contributed by atoms with Gasteiger partial charge in [-0.25, -0.2) is 13.6 Å². The highest BCUT2D eigenvalue weighted by molar-refractivity contribution is 5.85. The van der Waals surface area contributed by atoms with Crippen LogP contribution in [-0.2, 0) is 0 Å². The molecule has 5 nitrogen and oxygen atoms in total. The maximum atomic E-state index is 13.2. The smallest absolute Gasteiger partial charge is 0.414 e. The minimum absolute atomic E-state index is 0. The molecule has 0 spiro atoms. The fourth-order valence-corrected chi connectivity index (χ4v) is 2.53. The summed E-state index contributed by atoms with van der Waals surface area (Å²) < 4.78 is 36.9. The predicted molar refractivity (Wildman–Crippen MR) is 106 cm³/mol. The first kappa shape index (κ1) is 23.7. The van der Waals surface area contributed by atoms with Crippen LogP contribution in [-0.4, -0.2) is 50.7 Å². The van der Waals surface area contributed by atoms with Crippen molar-refractivity contribution < 1.29 is 23.0 Å². The SMILES string of the molecule is CN(C)C(=O)Oc1ccc([C@H](CCOc2ccc(F)c(F)c2)N(C)C)cc1.Cl. The van der Waals surface area contributed by atoms with Gasteiger partial charge in [-0.2, -0.15) is 0 Å². The summed E-state index contributed by atoms with van der Waals surface area (Å²) >= 11 is 0. The molecule has 0 bridgehead atoms. The number of hydrogen-bond acceptors (Lipinski definition) is 4. The molecule has 1 atom stereocenters. The molecule has 1 amide bonds. The summed E-state index contributed by atoms with van der Waals surface area (Å²) in [6.45, 7) is 0.339. The van der Waals surface area contributed by atoms with Crippen molar-refractivity contribution in [2.45, 2.75) is 12.5 Å². The van der Waals surface area contributed by atoms with Crippen LogP contribution < -0.4 is 9.47 Å². The van der Waals surface area contributed by atoms with E-state index in [0.717, 1.165) is 17.7 Å². The fraction of sp³-hybridized carbons (Fsp3) is 0.350. The molecule has 28 heavy (non-hydrogen) atoms. The van der Waals surface area contributed by atoms with Gasteiger partial charge in [0.05, 0.1) is 6.61 Å². The highest BCUT2D eigenvalue weighted by Crippen LogP contribution is 2.25. The third kappa shape index (κ3) is 6.65. The van der Waals surface area contributed by atoms with Gasteiger partial charge >= 0.3 is 6.09 Å². The number of benzene rings is 2. The van der Waals surface area contributed by atoms with E-state index in [-0.39, 0.29) is 24.2 Å². The van der Waals surface area contributed by atoms with Gasteiger partial charge in [0, 0.05) is 32.6 Å². The molecule has 0 aliphatic rings. The zero-order chi connectivity index (χ0) is 20.0. The van der Waals surface area contributed by atoms with E-state index in [9.17, 15) is 13.6 Å². The zero-order valence-electron chi connectivity index (χ0n) is 16.3. The lowest BCUT2D eigenvalue weighted by Crippen LogP contribution is -2.25. The van der Waals surface area contributed by atoms with Crippen LogP contribution in [0.15, 0.2) is 42.5 Å². The first-order valence-electron chi connectivity index (χ1n) is 8.51. The molecule has 8 heteroatoms. The van der Waals surface area contributed by atoms with Crippen LogP contribution in [0.3, 0.4) is 0 Å². The second-order valence-electron chi connectivity index (χ2n) is 6.52. The maximum Gasteiger partial charge on any atom is 0.414 e. The summed E-state index contributed by atoms with van der Waals surface area (Å²) in [7, 11) is 7.13. The van der Waals surface area contributed by atoms with Crippen LogP contribution >= 0.6 is 12.4 Å². The summed E-state index contributed by atoms with van der Waals surface area (Å²) in [6.07, 6.45) is 0.204. The van der Waals surface area contributed by atoms with E-state index in [1.807, 2.05) is 31.1 Å². The molecular weight excluding hydrogens is 390 g/mol. The van der Waals surface area contributed by atoms with Crippen LogP contribution in [0.5, 0.6) is 11.5 Å². The van der Waals surface area contributed by atoms with E-state index < -0.39 is 17.7 Å². The van der Waals surface area contributed by atoms with Crippen molar-refractivity contribution in [1.82, 2.24) is 9.80 Å². The second-order valence-corrected chi connectivity index (χ2v) is 6.52. The van der Waals surface area contributed by atoms with E-state index in [1.54, 1.807) is 26.2 Å². The van der Waals surface area contributed by atoms with E-state index in [4.69, 9.17) is 9.47 Å². The largest absolute Gasteiger partial charge is 0.493 e. The molecule has 2 rings (SSSR count). The van der Waals surface area contributed by atoms with Crippen molar-refractivity contribution in [2.75, 3.05) is 34.8 Å². The van der Waals surface area contributed by atoms with Gasteiger partial charge in [0.15, 0.2) is 11.6 Å². The Bertz CT molecular complexity index is 771. The third-order valence-corrected chi connectivity index (χ3v) is 4.01. The molecular formula is C20H25ClF2N2O3. The number of hydrogen-bond donors (Lipinski definition) is 0. The number of nitrogens with zero attached hydrogens (tertiary/aromatic N) is 2. The van der Waals surface area contributed by atoms with Gasteiger partial charge in [0.1, 0.15) is 11.5 Å². The standard InChI is InChI=1S/C20H24F2N2O3.ClH/c1-23(2)19(11-12-26-16-9-10-17(21)18(22)13-16)14-5-7-15(8-6-14)27-20(25)24(3)4;/h5-10,13,19H,11-12H2,1-4H3;1H/t19-;/m0./s1. The van der Waals surface area contributed by atoms with E-state index in [0.29, 0.717) is 18.8 Å². The number of amides is 1. The highest BCUT2D eigenvalue weighted by Gasteiger charge is 2.15. The number of carbonyl (C=O) groups excluding carboxylic acids is 1. The van der Waals surface area contributed by atoms with Crippen LogP contribution in [0.25, 0.3) is 0 Å². The highest BCUT2D eigenvalue weighted by atomic mass is 35.5. The topological polar surface area (TPSA) is 42.0 Å². The molecule has 0 fully saturated rings. The van der Waals surface area contributed by atoms with Crippen molar-refractivity contribution in [3.63, 3.8) is 0 Å². The van der Waals surface area contributed by atoms with Gasteiger partial charge in [-0.3, -0.25) is 0 Å². The predicted octanol–water partition coefficient (Wildman–Crippen LogP) is 4.52. The van der Waals surface area contributed by atoms with E-state index >= 15 is 0 Å². The molecule has 0 radical (unpaired) electrons. The molecule has 0 aliphatic heterocycles. The summed E-state index contributed by atoms with van der Waals surface area (Å²) in [5.41, 5.74) is 1.03. The molecule has 0 unspecified atom stereocenters. The molecule has 0 aromatic heterocycles. The minimum atomic E-state index is -0.931. The van der Waals surface area contributed by atoms with Gasteiger partial charge in [0.2, 0.25) is 0 Å². The van der Waals surface area contributed by atoms with Gasteiger partial charge in [-0.05, 0) is 43.9 Å². The first-order chi connectivity index (χ1) is 12.8. The molecule has 0 heterocycles. The Hall–Kier alpha value is -2.38. The molecule has 2 aromatic rings. The summed E-state index contributed by atoms with van der Waals surface area (Å²) in [4.78, 5) is 15.0. The monoisotopic (exact) mass is 414 g/mol. The Balaban J connectivity index is 0.00000392. The number of ether oxygens (including phenoxy) is 2. The van der Waals surface area contributed by atoms with Gasteiger partial charge in [0.25, 0.3) is 0 Å². The van der Waals surface area contributed by atoms with E-state index in [1.165, 1.54) is 11.0 Å². The average molecular weight is 415 g/mol. The molecule has 0 saturated carbocycles. The van der Waals surface area contributed by atoms with Crippen molar-refractivity contribution >= 4 is 18.5 Å². The Morgan fingerprint density at radius 1 is 0.964 bits per heavy atom. The van der Waals surface area contributed by atoms with Crippen LogP contribution in [0.4, 0.5) is 13.6 Å². The summed E-state index contributed by atoms with van der Waals surface area (Å²) in [6, 6.07) is 10.8. The van der Waals surface area contributed by atoms with E-state index in [2.05, 4.69) is 0 Å². The number of rotatable bonds is 7. The number of carbonyl (C=O) groups is 1. The van der Waals surface area contributed by atoms with Crippen molar-refractivity contribution in [3.8, 4) is 11.5 Å². The Labute approximate surface area is 170 Å². The third-order valence-electron chi connectivity index (χ3n) is 4.01. The molecule has 154 valence electrons. The Morgan fingerprint density at radius 3 is 2.11 bits per heavy atom. The van der Waals surface area contributed by atoms with Gasteiger partial charge in [-0.15, -0.1) is 12.4 Å².